The molecule has 0 unspecified atom stereocenters. The van der Waals surface area contributed by atoms with Gasteiger partial charge in [0.1, 0.15) is 24.0 Å². The van der Waals surface area contributed by atoms with Crippen LogP contribution in [0.3, 0.4) is 0 Å². The van der Waals surface area contributed by atoms with E-state index < -0.39 is 0 Å². The van der Waals surface area contributed by atoms with E-state index in [-0.39, 0.29) is 17.6 Å². The summed E-state index contributed by atoms with van der Waals surface area (Å²) in [6.07, 6.45) is 0.420. The number of hydrogen-bond donors (Lipinski definition) is 0. The molecule has 0 saturated carbocycles. The van der Waals surface area contributed by atoms with E-state index in [9.17, 15) is 9.18 Å². The summed E-state index contributed by atoms with van der Waals surface area (Å²) < 4.78 is 21.4. The van der Waals surface area contributed by atoms with Gasteiger partial charge in [-0.25, -0.2) is 9.37 Å². The van der Waals surface area contributed by atoms with Crippen LogP contribution in [-0.2, 0) is 17.9 Å². The highest BCUT2D eigenvalue weighted by molar-refractivity contribution is 5.81. The molecular weight excluding hydrogens is 417 g/mol. The van der Waals surface area contributed by atoms with Gasteiger partial charge in [0.05, 0.1) is 17.6 Å². The molecule has 0 radical (unpaired) electrons. The smallest absolute Gasteiger partial charge is 0.223 e. The minimum atomic E-state index is -0.272. The number of carbonyl (C=O) groups excluding carboxylic acids is 1. The molecule has 6 heteroatoms. The Bertz CT molecular complexity index is 1270. The van der Waals surface area contributed by atoms with Gasteiger partial charge >= 0.3 is 0 Å². The third-order valence-electron chi connectivity index (χ3n) is 6.16. The van der Waals surface area contributed by atoms with Gasteiger partial charge in [0.25, 0.3) is 0 Å². The molecule has 1 amide bonds. The van der Waals surface area contributed by atoms with Crippen molar-refractivity contribution < 1.29 is 13.9 Å². The van der Waals surface area contributed by atoms with Crippen molar-refractivity contribution in [2.75, 3.05) is 13.2 Å². The number of fused-ring (bicyclic) bond motifs is 1. The fourth-order valence-electron chi connectivity index (χ4n) is 4.44. The number of aryl methyl sites for hydroxylation is 1. The Kier molecular flexibility index (Phi) is 5.82. The Morgan fingerprint density at radius 3 is 2.58 bits per heavy atom. The predicted molar refractivity (Wildman–Crippen MR) is 126 cm³/mol. The van der Waals surface area contributed by atoms with Crippen molar-refractivity contribution >= 4 is 16.9 Å². The molecule has 1 aliphatic heterocycles. The van der Waals surface area contributed by atoms with E-state index in [0.717, 1.165) is 28.2 Å². The van der Waals surface area contributed by atoms with Crippen molar-refractivity contribution in [3.63, 3.8) is 0 Å². The second-order valence-corrected chi connectivity index (χ2v) is 8.57. The van der Waals surface area contributed by atoms with Gasteiger partial charge in [0, 0.05) is 25.4 Å². The zero-order valence-electron chi connectivity index (χ0n) is 18.6. The van der Waals surface area contributed by atoms with Gasteiger partial charge in [-0.3, -0.25) is 4.79 Å². The van der Waals surface area contributed by atoms with Crippen LogP contribution in [0.25, 0.3) is 11.0 Å². The van der Waals surface area contributed by atoms with Crippen molar-refractivity contribution in [3.8, 4) is 5.75 Å². The number of rotatable bonds is 7. The number of imidazole rings is 1. The van der Waals surface area contributed by atoms with E-state index in [1.165, 1.54) is 17.7 Å². The standard InChI is InChI=1S/C27H26FN3O2/c1-19-6-12-23(13-7-19)33-15-14-31-25-5-3-2-4-24(25)29-27(31)21-16-26(32)30(18-21)17-20-8-10-22(28)11-9-20/h2-13,21H,14-18H2,1H3/t21-/m0/s1. The maximum absolute atomic E-state index is 13.2. The van der Waals surface area contributed by atoms with E-state index in [2.05, 4.69) is 17.6 Å². The van der Waals surface area contributed by atoms with Gasteiger partial charge in [-0.15, -0.1) is 0 Å². The Hall–Kier alpha value is -3.67. The van der Waals surface area contributed by atoms with Crippen molar-refractivity contribution in [1.29, 1.82) is 0 Å². The van der Waals surface area contributed by atoms with Gasteiger partial charge in [-0.2, -0.15) is 0 Å². The number of carbonyl (C=O) groups is 1. The quantitative estimate of drug-likeness (QED) is 0.400. The molecule has 0 spiro atoms. The van der Waals surface area contributed by atoms with Crippen LogP contribution in [0.1, 0.15) is 29.3 Å². The largest absolute Gasteiger partial charge is 0.492 e. The SMILES string of the molecule is Cc1ccc(OCCn2c([C@H]3CC(=O)N(Cc4ccc(F)cc4)C3)nc3ccccc32)cc1. The Morgan fingerprint density at radius 2 is 1.79 bits per heavy atom. The molecule has 0 bridgehead atoms. The molecule has 1 fully saturated rings. The van der Waals surface area contributed by atoms with E-state index in [4.69, 9.17) is 9.72 Å². The van der Waals surface area contributed by atoms with Gasteiger partial charge in [-0.1, -0.05) is 42.0 Å². The monoisotopic (exact) mass is 443 g/mol. The zero-order chi connectivity index (χ0) is 22.8. The highest BCUT2D eigenvalue weighted by atomic mass is 19.1. The average Bonchev–Trinajstić information content (AvgIpc) is 3.37. The lowest BCUT2D eigenvalue weighted by Crippen LogP contribution is -2.24. The Balaban J connectivity index is 1.34. The number of para-hydroxylation sites is 2. The summed E-state index contributed by atoms with van der Waals surface area (Å²) in [5.41, 5.74) is 4.09. The number of likely N-dealkylation sites (tertiary alicyclic amines) is 1. The third kappa shape index (κ3) is 4.60. The summed E-state index contributed by atoms with van der Waals surface area (Å²) >= 11 is 0. The molecule has 0 N–H and O–H groups in total. The summed E-state index contributed by atoms with van der Waals surface area (Å²) in [4.78, 5) is 19.5. The van der Waals surface area contributed by atoms with E-state index in [1.807, 2.05) is 47.4 Å². The number of amides is 1. The first-order valence-corrected chi connectivity index (χ1v) is 11.2. The molecule has 1 saturated heterocycles. The minimum absolute atomic E-state index is 0.00437. The molecular formula is C27H26FN3O2. The average molecular weight is 444 g/mol. The van der Waals surface area contributed by atoms with Crippen molar-refractivity contribution in [3.05, 3.63) is 95.6 Å². The third-order valence-corrected chi connectivity index (χ3v) is 6.16. The minimum Gasteiger partial charge on any atom is -0.492 e. The van der Waals surface area contributed by atoms with Gasteiger partial charge < -0.3 is 14.2 Å². The predicted octanol–water partition coefficient (Wildman–Crippen LogP) is 5.08. The first-order chi connectivity index (χ1) is 16.1. The molecule has 0 aliphatic carbocycles. The molecule has 168 valence electrons. The first-order valence-electron chi connectivity index (χ1n) is 11.2. The van der Waals surface area contributed by atoms with Crippen LogP contribution in [0.5, 0.6) is 5.75 Å². The fraction of sp³-hybridized carbons (Fsp3) is 0.259. The molecule has 5 rings (SSSR count). The molecule has 3 aromatic carbocycles. The molecule has 33 heavy (non-hydrogen) atoms. The Morgan fingerprint density at radius 1 is 1.03 bits per heavy atom. The highest BCUT2D eigenvalue weighted by Crippen LogP contribution is 2.31. The van der Waals surface area contributed by atoms with Crippen LogP contribution in [-0.4, -0.2) is 33.5 Å². The van der Waals surface area contributed by atoms with Gasteiger partial charge in [0.15, 0.2) is 0 Å². The van der Waals surface area contributed by atoms with Crippen molar-refractivity contribution in [2.24, 2.45) is 0 Å². The maximum atomic E-state index is 13.2. The van der Waals surface area contributed by atoms with Crippen LogP contribution in [0.2, 0.25) is 0 Å². The molecule has 2 heterocycles. The number of aromatic nitrogens is 2. The number of hydrogen-bond acceptors (Lipinski definition) is 3. The van der Waals surface area contributed by atoms with Crippen LogP contribution in [0, 0.1) is 12.7 Å². The number of ether oxygens (including phenoxy) is 1. The van der Waals surface area contributed by atoms with Gasteiger partial charge in [-0.05, 0) is 48.9 Å². The second-order valence-electron chi connectivity index (χ2n) is 8.57. The van der Waals surface area contributed by atoms with E-state index in [1.54, 1.807) is 12.1 Å². The Labute approximate surface area is 192 Å². The molecule has 5 nitrogen and oxygen atoms in total. The summed E-state index contributed by atoms with van der Waals surface area (Å²) in [5, 5.41) is 0. The normalized spacial score (nSPS) is 16.0. The lowest BCUT2D eigenvalue weighted by Gasteiger charge is -2.17. The fourth-order valence-corrected chi connectivity index (χ4v) is 4.44. The summed E-state index contributed by atoms with van der Waals surface area (Å²) in [6.45, 7) is 4.28. The van der Waals surface area contributed by atoms with Crippen LogP contribution in [0.15, 0.2) is 72.8 Å². The number of halogens is 1. The van der Waals surface area contributed by atoms with Crippen LogP contribution in [0.4, 0.5) is 4.39 Å². The van der Waals surface area contributed by atoms with Gasteiger partial charge in [0.2, 0.25) is 5.91 Å². The second kappa shape index (κ2) is 9.06. The summed E-state index contributed by atoms with van der Waals surface area (Å²) in [7, 11) is 0. The zero-order valence-corrected chi connectivity index (χ0v) is 18.6. The van der Waals surface area contributed by atoms with Crippen LogP contribution < -0.4 is 4.74 Å². The van der Waals surface area contributed by atoms with Crippen molar-refractivity contribution in [1.82, 2.24) is 14.5 Å². The summed E-state index contributed by atoms with van der Waals surface area (Å²) in [6, 6.07) is 22.4. The lowest BCUT2D eigenvalue weighted by atomic mass is 10.1. The highest BCUT2D eigenvalue weighted by Gasteiger charge is 2.34. The van der Waals surface area contributed by atoms with E-state index >= 15 is 0 Å². The van der Waals surface area contributed by atoms with Crippen molar-refractivity contribution in [2.45, 2.75) is 32.4 Å². The maximum Gasteiger partial charge on any atom is 0.223 e. The molecule has 1 atom stereocenters. The van der Waals surface area contributed by atoms with E-state index in [0.29, 0.717) is 32.7 Å². The number of benzene rings is 3. The molecule has 1 aromatic heterocycles. The van der Waals surface area contributed by atoms with Crippen LogP contribution >= 0.6 is 0 Å². The first kappa shape index (κ1) is 21.2. The number of nitrogens with zero attached hydrogens (tertiary/aromatic N) is 3. The molecule has 1 aliphatic rings. The topological polar surface area (TPSA) is 47.4 Å². The summed E-state index contributed by atoms with van der Waals surface area (Å²) in [5.74, 6) is 1.58. The molecule has 4 aromatic rings. The lowest BCUT2D eigenvalue weighted by molar-refractivity contribution is -0.128.